The average molecular weight is 275 g/mol. The summed E-state index contributed by atoms with van der Waals surface area (Å²) in [7, 11) is 0. The molecule has 0 unspecified atom stereocenters. The second-order valence-corrected chi connectivity index (χ2v) is 5.20. The fraction of sp³-hybridized carbons (Fsp3) is 0.333. The molecule has 100 valence electrons. The zero-order chi connectivity index (χ0) is 13.5. The molecule has 0 aliphatic rings. The first-order valence-corrected chi connectivity index (χ1v) is 7.27. The first kappa shape index (κ1) is 13.9. The van der Waals surface area contributed by atoms with E-state index in [0.29, 0.717) is 13.0 Å². The van der Waals surface area contributed by atoms with E-state index in [9.17, 15) is 4.79 Å². The number of carbonyl (C=O) groups excluding carboxylic acids is 1. The summed E-state index contributed by atoms with van der Waals surface area (Å²) >= 11 is 1.52. The molecule has 0 N–H and O–H groups in total. The fourth-order valence-corrected chi connectivity index (χ4v) is 2.52. The second kappa shape index (κ2) is 7.16. The Kier molecular flexibility index (Phi) is 5.24. The van der Waals surface area contributed by atoms with Crippen molar-refractivity contribution in [1.82, 2.24) is 4.98 Å². The van der Waals surface area contributed by atoms with Crippen molar-refractivity contribution in [2.24, 2.45) is 0 Å². The van der Waals surface area contributed by atoms with Crippen LogP contribution in [0.3, 0.4) is 0 Å². The molecule has 0 radical (unpaired) electrons. The Bertz CT molecular complexity index is 522. The first-order chi connectivity index (χ1) is 9.29. The van der Waals surface area contributed by atoms with Crippen LogP contribution >= 0.6 is 11.3 Å². The third-order valence-corrected chi connectivity index (χ3v) is 3.43. The van der Waals surface area contributed by atoms with Crippen molar-refractivity contribution in [3.63, 3.8) is 0 Å². The van der Waals surface area contributed by atoms with E-state index in [4.69, 9.17) is 4.74 Å². The summed E-state index contributed by atoms with van der Waals surface area (Å²) in [5.74, 6) is 0.0856. The van der Waals surface area contributed by atoms with E-state index >= 15 is 0 Å². The summed E-state index contributed by atoms with van der Waals surface area (Å²) < 4.78 is 5.24. The van der Waals surface area contributed by atoms with Gasteiger partial charge in [-0.2, -0.15) is 0 Å². The van der Waals surface area contributed by atoms with Gasteiger partial charge in [0.25, 0.3) is 0 Å². The molecule has 0 spiro atoms. The van der Waals surface area contributed by atoms with Crippen LogP contribution in [0.1, 0.15) is 18.4 Å². The number of rotatable bonds is 7. The number of thiazole rings is 1. The highest BCUT2D eigenvalue weighted by molar-refractivity contribution is 7.10. The quantitative estimate of drug-likeness (QED) is 0.727. The summed E-state index contributed by atoms with van der Waals surface area (Å²) in [4.78, 5) is 16.2. The van der Waals surface area contributed by atoms with Crippen LogP contribution in [0.15, 0.2) is 35.7 Å². The Morgan fingerprint density at radius 2 is 2.11 bits per heavy atom. The minimum absolute atomic E-state index is 0.0856. The van der Waals surface area contributed by atoms with Crippen molar-refractivity contribution in [3.05, 3.63) is 40.7 Å². The molecule has 1 aromatic heterocycles. The predicted molar refractivity (Wildman–Crippen MR) is 77.4 cm³/mol. The highest BCUT2D eigenvalue weighted by Crippen LogP contribution is 2.21. The SMILES string of the molecule is CCCOCC(=O)Cc1nc(-c2ccccc2)cs1. The van der Waals surface area contributed by atoms with E-state index < -0.39 is 0 Å². The molecule has 0 fully saturated rings. The molecule has 1 heterocycles. The molecule has 0 saturated heterocycles. The molecule has 2 aromatic rings. The lowest BCUT2D eigenvalue weighted by molar-refractivity contribution is -0.122. The summed E-state index contributed by atoms with van der Waals surface area (Å²) in [6.45, 7) is 2.85. The Morgan fingerprint density at radius 3 is 2.84 bits per heavy atom. The number of aromatic nitrogens is 1. The minimum Gasteiger partial charge on any atom is -0.374 e. The predicted octanol–water partition coefficient (Wildman–Crippen LogP) is 3.35. The molecular weight excluding hydrogens is 258 g/mol. The number of hydrogen-bond donors (Lipinski definition) is 0. The van der Waals surface area contributed by atoms with Gasteiger partial charge in [-0.1, -0.05) is 37.3 Å². The maximum absolute atomic E-state index is 11.7. The van der Waals surface area contributed by atoms with Gasteiger partial charge in [0.05, 0.1) is 12.1 Å². The van der Waals surface area contributed by atoms with Gasteiger partial charge in [-0.3, -0.25) is 4.79 Å². The van der Waals surface area contributed by atoms with Crippen LogP contribution in [-0.4, -0.2) is 24.0 Å². The number of hydrogen-bond acceptors (Lipinski definition) is 4. The largest absolute Gasteiger partial charge is 0.374 e. The molecule has 0 atom stereocenters. The number of benzene rings is 1. The van der Waals surface area contributed by atoms with Crippen LogP contribution in [0.25, 0.3) is 11.3 Å². The molecule has 3 nitrogen and oxygen atoms in total. The number of carbonyl (C=O) groups is 1. The number of nitrogens with zero attached hydrogens (tertiary/aromatic N) is 1. The van der Waals surface area contributed by atoms with Gasteiger partial charge < -0.3 is 4.74 Å². The highest BCUT2D eigenvalue weighted by Gasteiger charge is 2.09. The molecular formula is C15H17NO2S. The third-order valence-electron chi connectivity index (χ3n) is 2.58. The normalized spacial score (nSPS) is 10.6. The van der Waals surface area contributed by atoms with E-state index in [0.717, 1.165) is 22.7 Å². The zero-order valence-electron chi connectivity index (χ0n) is 11.0. The van der Waals surface area contributed by atoms with Gasteiger partial charge >= 0.3 is 0 Å². The number of ether oxygens (including phenoxy) is 1. The van der Waals surface area contributed by atoms with Crippen LogP contribution < -0.4 is 0 Å². The Balaban J connectivity index is 1.93. The molecule has 4 heteroatoms. The van der Waals surface area contributed by atoms with Gasteiger partial charge in [0, 0.05) is 17.6 Å². The minimum atomic E-state index is 0.0856. The van der Waals surface area contributed by atoms with E-state index in [1.165, 1.54) is 11.3 Å². The molecule has 0 bridgehead atoms. The van der Waals surface area contributed by atoms with Crippen LogP contribution in [0.4, 0.5) is 0 Å². The smallest absolute Gasteiger partial charge is 0.165 e. The first-order valence-electron chi connectivity index (χ1n) is 6.39. The number of ketones is 1. The lowest BCUT2D eigenvalue weighted by Gasteiger charge is -2.00. The Labute approximate surface area is 117 Å². The number of Topliss-reactive ketones (excluding diaryl/α,β-unsaturated/α-hetero) is 1. The van der Waals surface area contributed by atoms with Gasteiger partial charge in [0.1, 0.15) is 11.6 Å². The Hall–Kier alpha value is -1.52. The maximum Gasteiger partial charge on any atom is 0.165 e. The van der Waals surface area contributed by atoms with Crippen molar-refractivity contribution >= 4 is 17.1 Å². The summed E-state index contributed by atoms with van der Waals surface area (Å²) in [5.41, 5.74) is 2.02. The standard InChI is InChI=1S/C15H17NO2S/c1-2-8-18-10-13(17)9-15-16-14(11-19-15)12-6-4-3-5-7-12/h3-7,11H,2,8-10H2,1H3. The van der Waals surface area contributed by atoms with E-state index in [2.05, 4.69) is 4.98 Å². The van der Waals surface area contributed by atoms with Crippen LogP contribution in [0, 0.1) is 0 Å². The summed E-state index contributed by atoms with van der Waals surface area (Å²) in [5, 5.41) is 2.84. The van der Waals surface area contributed by atoms with Crippen molar-refractivity contribution < 1.29 is 9.53 Å². The summed E-state index contributed by atoms with van der Waals surface area (Å²) in [6.07, 6.45) is 1.30. The molecule has 0 aliphatic carbocycles. The van der Waals surface area contributed by atoms with E-state index in [1.807, 2.05) is 42.6 Å². The molecule has 19 heavy (non-hydrogen) atoms. The molecule has 2 rings (SSSR count). The van der Waals surface area contributed by atoms with Crippen LogP contribution in [0.5, 0.6) is 0 Å². The molecule has 0 saturated carbocycles. The molecule has 0 amide bonds. The van der Waals surface area contributed by atoms with Gasteiger partial charge in [-0.15, -0.1) is 11.3 Å². The van der Waals surface area contributed by atoms with Crippen molar-refractivity contribution in [1.29, 1.82) is 0 Å². The fourth-order valence-electron chi connectivity index (χ4n) is 1.68. The van der Waals surface area contributed by atoms with Gasteiger partial charge in [-0.25, -0.2) is 4.98 Å². The molecule has 0 aliphatic heterocycles. The van der Waals surface area contributed by atoms with E-state index in [1.54, 1.807) is 0 Å². The maximum atomic E-state index is 11.7. The van der Waals surface area contributed by atoms with Gasteiger partial charge in [0.15, 0.2) is 5.78 Å². The lowest BCUT2D eigenvalue weighted by Crippen LogP contribution is -2.11. The highest BCUT2D eigenvalue weighted by atomic mass is 32.1. The van der Waals surface area contributed by atoms with Crippen LogP contribution in [0.2, 0.25) is 0 Å². The van der Waals surface area contributed by atoms with Gasteiger partial charge in [0.2, 0.25) is 0 Å². The van der Waals surface area contributed by atoms with Crippen molar-refractivity contribution in [3.8, 4) is 11.3 Å². The molecule has 1 aromatic carbocycles. The summed E-state index contributed by atoms with van der Waals surface area (Å²) in [6, 6.07) is 9.98. The average Bonchev–Trinajstić information content (AvgIpc) is 2.88. The van der Waals surface area contributed by atoms with Crippen LogP contribution in [-0.2, 0) is 16.0 Å². The van der Waals surface area contributed by atoms with Gasteiger partial charge in [-0.05, 0) is 6.42 Å². The Morgan fingerprint density at radius 1 is 1.32 bits per heavy atom. The second-order valence-electron chi connectivity index (χ2n) is 4.26. The van der Waals surface area contributed by atoms with E-state index in [-0.39, 0.29) is 12.4 Å². The third kappa shape index (κ3) is 4.26. The zero-order valence-corrected chi connectivity index (χ0v) is 11.8. The lowest BCUT2D eigenvalue weighted by atomic mass is 10.2. The van der Waals surface area contributed by atoms with Crippen molar-refractivity contribution in [2.75, 3.05) is 13.2 Å². The topological polar surface area (TPSA) is 39.2 Å². The van der Waals surface area contributed by atoms with Crippen molar-refractivity contribution in [2.45, 2.75) is 19.8 Å². The monoisotopic (exact) mass is 275 g/mol.